The smallest absolute Gasteiger partial charge is 0.392 e. The molecule has 1 aromatic carbocycles. The third kappa shape index (κ3) is 14.7. The van der Waals surface area contributed by atoms with Crippen LogP contribution in [-0.2, 0) is 37.1 Å². The fourth-order valence-corrected chi connectivity index (χ4v) is 16.3. The van der Waals surface area contributed by atoms with Gasteiger partial charge in [0.1, 0.15) is 83.4 Å². The van der Waals surface area contributed by atoms with E-state index in [0.29, 0.717) is 99.4 Å². The lowest BCUT2D eigenvalue weighted by atomic mass is 9.81. The standard InChI is InChI=1S/C61H59N13O13S6/c1-27(2)34-17-40(75)45-28(3)92-57(72-45)36(18-43(76)62-4)66-50(79)38-24-88-53(68-38)33-15-16-35(55-70-42(26-91-55)74(20-32-21-87-52(64-32)61(84)85)59(81)30-11-13-31(14-12-30)60(82)83)65-46(33)37-23-89-56(67-37)39-25-90-58(69-39)48(49(78)29-9-7-6-8-10-29)71-44(77)19-63-51(80)47-41(22-86-5)93-54(34)73-47/h6-10,15-16,21,23-27,30-31,34,36,48-49,78H,11-14,17-20,22H2,1-5H3,(H,62,76)(H,63,80)(H,66,79)(H,71,77)(H,82,83)(H,84,85)/t30?,31?,34?,36-,48-,49-/m0/s1. The van der Waals surface area contributed by atoms with Gasteiger partial charge in [-0.1, -0.05) is 44.2 Å². The summed E-state index contributed by atoms with van der Waals surface area (Å²) in [6.07, 6.45) is 0.730. The number of rotatable bonds is 14. The van der Waals surface area contributed by atoms with Gasteiger partial charge in [0.25, 0.3) is 11.8 Å². The zero-order chi connectivity index (χ0) is 65.8. The van der Waals surface area contributed by atoms with E-state index in [4.69, 9.17) is 44.0 Å². The van der Waals surface area contributed by atoms with Crippen molar-refractivity contribution in [2.75, 3.05) is 25.6 Å². The Labute approximate surface area is 554 Å². The molecular weight excluding hydrogens is 1320 g/mol. The largest absolute Gasteiger partial charge is 0.481 e. The van der Waals surface area contributed by atoms with E-state index >= 15 is 0 Å². The van der Waals surface area contributed by atoms with Gasteiger partial charge in [-0.05, 0) is 56.2 Å². The van der Waals surface area contributed by atoms with Crippen LogP contribution in [0.25, 0.3) is 43.4 Å². The Morgan fingerprint density at radius 2 is 1.43 bits per heavy atom. The van der Waals surface area contributed by atoms with Gasteiger partial charge in [-0.2, -0.15) is 0 Å². The zero-order valence-electron chi connectivity index (χ0n) is 50.2. The van der Waals surface area contributed by atoms with Crippen LogP contribution in [0.3, 0.4) is 0 Å². The molecule has 9 aromatic rings. The summed E-state index contributed by atoms with van der Waals surface area (Å²) >= 11 is 7.07. The third-order valence-corrected chi connectivity index (χ3v) is 21.4. The van der Waals surface area contributed by atoms with Gasteiger partial charge in [-0.3, -0.25) is 38.5 Å². The van der Waals surface area contributed by atoms with Crippen molar-refractivity contribution in [3.8, 4) is 43.4 Å². The Morgan fingerprint density at radius 3 is 2.15 bits per heavy atom. The van der Waals surface area contributed by atoms with Crippen molar-refractivity contribution in [1.29, 1.82) is 0 Å². The van der Waals surface area contributed by atoms with E-state index in [1.165, 1.54) is 41.7 Å². The summed E-state index contributed by atoms with van der Waals surface area (Å²) in [4.78, 5) is 149. The molecule has 1 aliphatic heterocycles. The van der Waals surface area contributed by atoms with Crippen LogP contribution >= 0.6 is 68.0 Å². The van der Waals surface area contributed by atoms with E-state index < -0.39 is 83.9 Å². The molecule has 26 nitrogen and oxygen atoms in total. The number of aliphatic hydroxyl groups is 1. The molecule has 1 saturated carbocycles. The molecule has 482 valence electrons. The number of ether oxygens (including phenoxy) is 1. The van der Waals surface area contributed by atoms with Gasteiger partial charge in [0.15, 0.2) is 5.78 Å². The molecule has 10 bridgehead atoms. The number of aromatic carboxylic acids is 1. The molecule has 1 fully saturated rings. The molecule has 1 unspecified atom stereocenters. The molecule has 0 spiro atoms. The lowest BCUT2D eigenvalue weighted by Gasteiger charge is -2.29. The fraction of sp³-hybridized carbons (Fsp3) is 0.344. The number of hydrogen-bond donors (Lipinski definition) is 7. The maximum Gasteiger partial charge on any atom is 0.392 e. The van der Waals surface area contributed by atoms with Crippen molar-refractivity contribution in [3.63, 3.8) is 0 Å². The second-order valence-corrected chi connectivity index (χ2v) is 28.0. The van der Waals surface area contributed by atoms with Crippen molar-refractivity contribution >= 4 is 121 Å². The summed E-state index contributed by atoms with van der Waals surface area (Å²) in [5, 5.41) is 51.3. The minimum Gasteiger partial charge on any atom is -0.481 e. The number of aliphatic hydroxyl groups excluding tert-OH is 1. The highest BCUT2D eigenvalue weighted by molar-refractivity contribution is 7.15. The number of nitrogens with one attached hydrogen (secondary N) is 4. The maximum absolute atomic E-state index is 14.5. The van der Waals surface area contributed by atoms with Crippen LogP contribution in [0.15, 0.2) is 74.7 Å². The number of Topliss-reactive ketones (excluding diaryl/α,β-unsaturated/α-hetero) is 1. The summed E-state index contributed by atoms with van der Waals surface area (Å²) in [6.45, 7) is 4.86. The molecule has 9 heterocycles. The highest BCUT2D eigenvalue weighted by Gasteiger charge is 2.36. The Hall–Kier alpha value is -8.76. The molecule has 1 aliphatic carbocycles. The predicted molar refractivity (Wildman–Crippen MR) is 346 cm³/mol. The van der Waals surface area contributed by atoms with Gasteiger partial charge in [-0.25, -0.2) is 44.7 Å². The van der Waals surface area contributed by atoms with Crippen LogP contribution in [0.1, 0.15) is 155 Å². The normalized spacial score (nSPS) is 18.5. The van der Waals surface area contributed by atoms with Crippen LogP contribution in [0, 0.1) is 24.7 Å². The van der Waals surface area contributed by atoms with Crippen molar-refractivity contribution < 1.29 is 62.8 Å². The molecule has 5 amide bonds. The maximum atomic E-state index is 14.5. The molecular formula is C61H59N13O13S6. The number of ketones is 1. The van der Waals surface area contributed by atoms with Gasteiger partial charge in [0, 0.05) is 64.4 Å². The summed E-state index contributed by atoms with van der Waals surface area (Å²) in [5.41, 5.74) is 2.58. The first-order valence-corrected chi connectivity index (χ1v) is 34.3. The summed E-state index contributed by atoms with van der Waals surface area (Å²) in [6, 6.07) is 10.0. The van der Waals surface area contributed by atoms with Crippen molar-refractivity contribution in [2.24, 2.45) is 17.8 Å². The number of carbonyl (C=O) groups excluding carboxylic acids is 6. The lowest BCUT2D eigenvalue weighted by Crippen LogP contribution is -2.40. The monoisotopic (exact) mass is 1370 g/mol. The number of oxazole rings is 1. The number of hydrogen-bond acceptors (Lipinski definition) is 25. The lowest BCUT2D eigenvalue weighted by molar-refractivity contribution is -0.144. The highest BCUT2D eigenvalue weighted by Crippen LogP contribution is 2.42. The number of carbonyl (C=O) groups is 8. The summed E-state index contributed by atoms with van der Waals surface area (Å²) in [7, 11) is 2.94. The topological polar surface area (TPSA) is 374 Å². The van der Waals surface area contributed by atoms with Crippen molar-refractivity contribution in [3.05, 3.63) is 129 Å². The number of thiazole rings is 6. The highest BCUT2D eigenvalue weighted by atomic mass is 32.1. The van der Waals surface area contributed by atoms with E-state index in [1.54, 1.807) is 70.9 Å². The molecule has 4 atom stereocenters. The molecule has 2 aliphatic rings. The van der Waals surface area contributed by atoms with Gasteiger partial charge in [0.2, 0.25) is 17.7 Å². The predicted octanol–water partition coefficient (Wildman–Crippen LogP) is 9.31. The second kappa shape index (κ2) is 28.6. The number of aryl methyl sites for hydroxylation is 1. The number of aromatic nitrogens is 8. The van der Waals surface area contributed by atoms with Crippen LogP contribution in [0.2, 0.25) is 0 Å². The first-order valence-electron chi connectivity index (χ1n) is 29.1. The quantitative estimate of drug-likeness (QED) is 0.0533. The van der Waals surface area contributed by atoms with Crippen molar-refractivity contribution in [1.82, 2.24) is 61.1 Å². The minimum absolute atomic E-state index is 0.00810. The number of fused-ring (bicyclic) bond motifs is 14. The molecule has 32 heteroatoms. The minimum atomic E-state index is -1.40. The van der Waals surface area contributed by atoms with Gasteiger partial charge in [0.05, 0.1) is 59.3 Å². The number of carboxylic acids is 2. The number of nitrogens with zero attached hydrogens (tertiary/aromatic N) is 9. The number of carboxylic acid groups (broad SMARTS) is 2. The van der Waals surface area contributed by atoms with E-state index in [1.807, 2.05) is 13.8 Å². The first-order chi connectivity index (χ1) is 44.7. The number of anilines is 1. The molecule has 8 aromatic heterocycles. The molecule has 7 N–H and O–H groups in total. The fourth-order valence-electron chi connectivity index (χ4n) is 10.7. The van der Waals surface area contributed by atoms with E-state index in [0.717, 1.165) is 51.6 Å². The number of benzene rings is 1. The van der Waals surface area contributed by atoms with E-state index in [9.17, 15) is 53.7 Å². The van der Waals surface area contributed by atoms with E-state index in [-0.39, 0.29) is 72.2 Å². The zero-order valence-corrected chi connectivity index (χ0v) is 55.1. The summed E-state index contributed by atoms with van der Waals surface area (Å²) < 4.78 is 10.6. The number of pyridine rings is 1. The Bertz CT molecular complexity index is 4290. The number of methoxy groups -OCH3 is 1. The van der Waals surface area contributed by atoms with Gasteiger partial charge >= 0.3 is 17.8 Å². The van der Waals surface area contributed by atoms with Crippen LogP contribution in [0.5, 0.6) is 0 Å². The third-order valence-electron chi connectivity index (χ3n) is 15.6. The average Bonchev–Trinajstić information content (AvgIpc) is 1.72. The Balaban J connectivity index is 0.988. The Morgan fingerprint density at radius 1 is 0.731 bits per heavy atom. The Kier molecular flexibility index (Phi) is 20.2. The SMILES string of the molecule is CNC(=O)C[C@@H]1NC(=O)c2csc(n2)-c2ccc(-c3nc(N(Cc4coc(C(=O)O)n4)C(=O)C4CCC(C(=O)O)CC4)cs3)nc2-c2csc(n2)-c2csc(n2)[C@H]([C@@H](O)c2ccccc2)NC(=O)CNC(=O)c2nc(sc2COC)C(C(C)C)CC(=O)c2nc1sc2C. The molecule has 93 heavy (non-hydrogen) atoms. The molecule has 0 radical (unpaired) electrons. The average molecular weight is 1370 g/mol. The number of aliphatic carboxylic acids is 1. The van der Waals surface area contributed by atoms with Crippen molar-refractivity contribution in [2.45, 2.75) is 96.6 Å². The van der Waals surface area contributed by atoms with E-state index in [2.05, 4.69) is 26.3 Å². The molecule has 0 saturated heterocycles. The summed E-state index contributed by atoms with van der Waals surface area (Å²) in [5.74, 6) is -7.59. The van der Waals surface area contributed by atoms with Gasteiger partial charge in [-0.15, -0.1) is 68.0 Å². The first kappa shape index (κ1) is 65.7. The number of amides is 5. The van der Waals surface area contributed by atoms with Gasteiger partial charge < -0.3 is 45.7 Å². The van der Waals surface area contributed by atoms with Crippen LogP contribution in [-0.4, -0.2) is 123 Å². The van der Waals surface area contributed by atoms with Crippen LogP contribution < -0.4 is 26.2 Å². The van der Waals surface area contributed by atoms with Crippen LogP contribution in [0.4, 0.5) is 5.82 Å². The molecule has 11 rings (SSSR count). The second-order valence-electron chi connectivity index (χ2n) is 22.2.